The number of hydrogen-bond acceptors (Lipinski definition) is 2. The number of carbonyl (C=O) groups is 1. The van der Waals surface area contributed by atoms with E-state index < -0.39 is 17.6 Å². The van der Waals surface area contributed by atoms with Crippen molar-refractivity contribution >= 4 is 5.91 Å². The van der Waals surface area contributed by atoms with E-state index in [9.17, 15) is 18.0 Å². The van der Waals surface area contributed by atoms with Gasteiger partial charge >= 0.3 is 6.18 Å². The second-order valence-corrected chi connectivity index (χ2v) is 6.91. The van der Waals surface area contributed by atoms with Gasteiger partial charge in [-0.15, -0.1) is 0 Å². The molecule has 0 N–H and O–H groups in total. The molecule has 0 radical (unpaired) electrons. The highest BCUT2D eigenvalue weighted by atomic mass is 19.4. The zero-order valence-corrected chi connectivity index (χ0v) is 14.2. The van der Waals surface area contributed by atoms with Crippen molar-refractivity contribution < 1.29 is 18.0 Å². The number of rotatable bonds is 2. The molecule has 4 rings (SSSR count). The number of amides is 1. The summed E-state index contributed by atoms with van der Waals surface area (Å²) in [6.07, 6.45) is -4.04. The number of alkyl halides is 3. The van der Waals surface area contributed by atoms with Crippen LogP contribution >= 0.6 is 0 Å². The molecule has 3 nitrogen and oxygen atoms in total. The lowest BCUT2D eigenvalue weighted by atomic mass is 9.88. The molecular formula is C20H19F3N2O. The molecule has 1 fully saturated rings. The molecule has 0 aromatic heterocycles. The van der Waals surface area contributed by atoms with Gasteiger partial charge in [0, 0.05) is 32.2 Å². The molecule has 2 aliphatic rings. The van der Waals surface area contributed by atoms with E-state index in [0.717, 1.165) is 12.6 Å². The largest absolute Gasteiger partial charge is 0.417 e. The normalized spacial score (nSPS) is 20.7. The molecule has 0 unspecified atom stereocenters. The van der Waals surface area contributed by atoms with Crippen LogP contribution in [0.4, 0.5) is 13.2 Å². The quantitative estimate of drug-likeness (QED) is 0.817. The molecule has 6 heteroatoms. The maximum absolute atomic E-state index is 13.3. The van der Waals surface area contributed by atoms with E-state index in [1.807, 2.05) is 18.2 Å². The van der Waals surface area contributed by atoms with Gasteiger partial charge in [-0.2, -0.15) is 13.2 Å². The summed E-state index contributed by atoms with van der Waals surface area (Å²) in [5.74, 6) is -0.483. The molecule has 136 valence electrons. The van der Waals surface area contributed by atoms with Crippen LogP contribution in [0.15, 0.2) is 48.5 Å². The number of benzene rings is 2. The van der Waals surface area contributed by atoms with Crippen LogP contribution < -0.4 is 0 Å². The molecule has 0 spiro atoms. The SMILES string of the molecule is O=C1c2c(cccc2C(F)(F)F)C[C@@H]2CN(Cc3ccccc3)CCN12. The smallest absolute Gasteiger partial charge is 0.333 e. The van der Waals surface area contributed by atoms with Crippen LogP contribution in [0, 0.1) is 0 Å². The van der Waals surface area contributed by atoms with Gasteiger partial charge < -0.3 is 4.90 Å². The van der Waals surface area contributed by atoms with Crippen molar-refractivity contribution in [3.05, 3.63) is 70.8 Å². The highest BCUT2D eigenvalue weighted by Gasteiger charge is 2.42. The summed E-state index contributed by atoms with van der Waals surface area (Å²) in [4.78, 5) is 16.7. The average Bonchev–Trinajstić information content (AvgIpc) is 2.61. The number of nitrogens with zero attached hydrogens (tertiary/aromatic N) is 2. The molecular weight excluding hydrogens is 341 g/mol. The second-order valence-electron chi connectivity index (χ2n) is 6.91. The van der Waals surface area contributed by atoms with Crippen molar-refractivity contribution in [2.45, 2.75) is 25.2 Å². The first-order chi connectivity index (χ1) is 12.4. The van der Waals surface area contributed by atoms with Crippen molar-refractivity contribution in [1.82, 2.24) is 9.80 Å². The minimum absolute atomic E-state index is 0.0732. The highest BCUT2D eigenvalue weighted by Crippen LogP contribution is 2.37. The van der Waals surface area contributed by atoms with E-state index in [0.29, 0.717) is 31.6 Å². The Morgan fingerprint density at radius 1 is 1.00 bits per heavy atom. The summed E-state index contributed by atoms with van der Waals surface area (Å²) < 4.78 is 39.9. The molecule has 0 aliphatic carbocycles. The minimum Gasteiger partial charge on any atom is -0.333 e. The first-order valence-corrected chi connectivity index (χ1v) is 8.70. The number of hydrogen-bond donors (Lipinski definition) is 0. The van der Waals surface area contributed by atoms with Gasteiger partial charge in [0.25, 0.3) is 5.91 Å². The standard InChI is InChI=1S/C20H19F3N2O/c21-20(22,23)17-8-4-7-15-11-16-13-24(12-14-5-2-1-3-6-14)9-10-25(16)19(26)18(15)17/h1-8,16H,9-13H2/t16-/m1/s1. The third kappa shape index (κ3) is 3.09. The van der Waals surface area contributed by atoms with Crippen LogP contribution in [-0.4, -0.2) is 41.4 Å². The van der Waals surface area contributed by atoms with Gasteiger partial charge in [-0.1, -0.05) is 42.5 Å². The van der Waals surface area contributed by atoms with Crippen LogP contribution in [0.1, 0.15) is 27.0 Å². The zero-order chi connectivity index (χ0) is 18.3. The first-order valence-electron chi connectivity index (χ1n) is 8.70. The molecule has 2 heterocycles. The fourth-order valence-electron chi connectivity index (χ4n) is 4.00. The molecule has 1 saturated heterocycles. The van der Waals surface area contributed by atoms with Crippen molar-refractivity contribution in [3.63, 3.8) is 0 Å². The van der Waals surface area contributed by atoms with Crippen molar-refractivity contribution in [2.75, 3.05) is 19.6 Å². The lowest BCUT2D eigenvalue weighted by molar-refractivity contribution is -0.138. The van der Waals surface area contributed by atoms with Gasteiger partial charge in [-0.3, -0.25) is 9.69 Å². The van der Waals surface area contributed by atoms with E-state index in [1.165, 1.54) is 11.6 Å². The summed E-state index contributed by atoms with van der Waals surface area (Å²) in [7, 11) is 0. The third-order valence-corrected chi connectivity index (χ3v) is 5.20. The summed E-state index contributed by atoms with van der Waals surface area (Å²) in [5.41, 5.74) is 0.730. The molecule has 2 aromatic carbocycles. The lowest BCUT2D eigenvalue weighted by Crippen LogP contribution is -2.58. The lowest BCUT2D eigenvalue weighted by Gasteiger charge is -2.44. The van der Waals surface area contributed by atoms with Crippen LogP contribution in [-0.2, 0) is 19.1 Å². The number of fused-ring (bicyclic) bond motifs is 2. The Bertz CT molecular complexity index is 820. The monoisotopic (exact) mass is 360 g/mol. The minimum atomic E-state index is -4.51. The average molecular weight is 360 g/mol. The van der Waals surface area contributed by atoms with E-state index in [-0.39, 0.29) is 11.6 Å². The fraction of sp³-hybridized carbons (Fsp3) is 0.350. The first kappa shape index (κ1) is 17.1. The van der Waals surface area contributed by atoms with Crippen LogP contribution in [0.5, 0.6) is 0 Å². The Labute approximate surface area is 150 Å². The second kappa shape index (κ2) is 6.43. The van der Waals surface area contributed by atoms with Gasteiger partial charge in [0.05, 0.1) is 11.1 Å². The maximum Gasteiger partial charge on any atom is 0.417 e. The van der Waals surface area contributed by atoms with Gasteiger partial charge in [-0.25, -0.2) is 0 Å². The molecule has 2 aromatic rings. The molecule has 2 aliphatic heterocycles. The summed E-state index contributed by atoms with van der Waals surface area (Å²) in [6, 6.07) is 14.0. The highest BCUT2D eigenvalue weighted by molar-refractivity contribution is 5.98. The van der Waals surface area contributed by atoms with Gasteiger partial charge in [0.1, 0.15) is 0 Å². The summed E-state index contributed by atoms with van der Waals surface area (Å²) in [5, 5.41) is 0. The predicted molar refractivity (Wildman–Crippen MR) is 91.7 cm³/mol. The third-order valence-electron chi connectivity index (χ3n) is 5.20. The molecule has 0 bridgehead atoms. The Morgan fingerprint density at radius 3 is 2.50 bits per heavy atom. The Kier molecular flexibility index (Phi) is 4.23. The van der Waals surface area contributed by atoms with Crippen LogP contribution in [0.2, 0.25) is 0 Å². The van der Waals surface area contributed by atoms with E-state index in [1.54, 1.807) is 11.0 Å². The van der Waals surface area contributed by atoms with Gasteiger partial charge in [0.15, 0.2) is 0 Å². The molecule has 1 amide bonds. The topological polar surface area (TPSA) is 23.6 Å². The van der Waals surface area contributed by atoms with Crippen molar-refractivity contribution in [3.8, 4) is 0 Å². The molecule has 1 atom stereocenters. The maximum atomic E-state index is 13.3. The van der Waals surface area contributed by atoms with Crippen molar-refractivity contribution in [1.29, 1.82) is 0 Å². The number of piperazine rings is 1. The van der Waals surface area contributed by atoms with E-state index >= 15 is 0 Å². The summed E-state index contributed by atoms with van der Waals surface area (Å²) >= 11 is 0. The predicted octanol–water partition coefficient (Wildman–Crippen LogP) is 3.59. The number of halogens is 3. The van der Waals surface area contributed by atoms with Crippen molar-refractivity contribution in [2.24, 2.45) is 0 Å². The molecule has 26 heavy (non-hydrogen) atoms. The van der Waals surface area contributed by atoms with E-state index in [4.69, 9.17) is 0 Å². The Morgan fingerprint density at radius 2 is 1.77 bits per heavy atom. The van der Waals surface area contributed by atoms with E-state index in [2.05, 4.69) is 17.0 Å². The zero-order valence-electron chi connectivity index (χ0n) is 14.2. The number of carbonyl (C=O) groups excluding carboxylic acids is 1. The van der Waals surface area contributed by atoms with Gasteiger partial charge in [-0.05, 0) is 23.6 Å². The fourth-order valence-corrected chi connectivity index (χ4v) is 4.00. The molecule has 0 saturated carbocycles. The Hall–Kier alpha value is -2.34. The van der Waals surface area contributed by atoms with Crippen LogP contribution in [0.3, 0.4) is 0 Å². The van der Waals surface area contributed by atoms with Gasteiger partial charge in [0.2, 0.25) is 0 Å². The van der Waals surface area contributed by atoms with Crippen LogP contribution in [0.25, 0.3) is 0 Å². The Balaban J connectivity index is 1.58. The summed E-state index contributed by atoms with van der Waals surface area (Å²) in [6.45, 7) is 2.59.